The van der Waals surface area contributed by atoms with E-state index in [9.17, 15) is 39.6 Å². The average Bonchev–Trinajstić information content (AvgIpc) is 2.74. The van der Waals surface area contributed by atoms with Crippen LogP contribution in [-0.2, 0) is 27.2 Å². The third kappa shape index (κ3) is 7.90. The van der Waals surface area contributed by atoms with Gasteiger partial charge in [-0.2, -0.15) is 30.6 Å². The lowest BCUT2D eigenvalue weighted by atomic mass is 10.2. The third-order valence-corrected chi connectivity index (χ3v) is 6.53. The number of sulfonamides is 1. The summed E-state index contributed by atoms with van der Waals surface area (Å²) in [6.07, 6.45) is -9.40. The van der Waals surface area contributed by atoms with Crippen LogP contribution in [0.25, 0.3) is 0 Å². The van der Waals surface area contributed by atoms with E-state index in [0.717, 1.165) is 40.7 Å². The molecule has 0 unspecified atom stereocenters. The lowest BCUT2D eigenvalue weighted by Gasteiger charge is -2.22. The molecule has 0 radical (unpaired) electrons. The van der Waals surface area contributed by atoms with E-state index in [1.807, 2.05) is 0 Å². The van der Waals surface area contributed by atoms with Crippen molar-refractivity contribution in [2.75, 3.05) is 19.7 Å². The number of hydrogen-bond acceptors (Lipinski definition) is 4. The molecule has 0 aliphatic carbocycles. The number of nitrogens with zero attached hydrogens (tertiary/aromatic N) is 1. The SMILES string of the molecule is O=C(O)CCCN(CCCOc1ccc(C(F)(F)F)cc1)S(=O)(=O)c1ccc(C(F)(F)F)cc1. The van der Waals surface area contributed by atoms with E-state index in [1.54, 1.807) is 0 Å². The highest BCUT2D eigenvalue weighted by molar-refractivity contribution is 7.89. The molecular formula is C21H21F6NO5S. The molecule has 0 heterocycles. The highest BCUT2D eigenvalue weighted by Gasteiger charge is 2.32. The van der Waals surface area contributed by atoms with Crippen molar-refractivity contribution >= 4 is 16.0 Å². The van der Waals surface area contributed by atoms with E-state index in [2.05, 4.69) is 0 Å². The van der Waals surface area contributed by atoms with Crippen molar-refractivity contribution in [2.24, 2.45) is 0 Å². The van der Waals surface area contributed by atoms with Crippen LogP contribution in [0.5, 0.6) is 5.75 Å². The van der Waals surface area contributed by atoms with Gasteiger partial charge in [-0.15, -0.1) is 0 Å². The number of carboxylic acids is 1. The van der Waals surface area contributed by atoms with Gasteiger partial charge in [0.2, 0.25) is 10.0 Å². The third-order valence-electron chi connectivity index (χ3n) is 4.62. The first kappa shape index (κ1) is 27.4. The number of alkyl halides is 6. The average molecular weight is 513 g/mol. The Balaban J connectivity index is 2.05. The molecule has 2 aromatic rings. The molecule has 0 aliphatic rings. The lowest BCUT2D eigenvalue weighted by Crippen LogP contribution is -2.34. The normalized spacial score (nSPS) is 12.7. The van der Waals surface area contributed by atoms with Crippen molar-refractivity contribution in [3.05, 3.63) is 59.7 Å². The minimum atomic E-state index is -4.64. The molecule has 2 rings (SSSR count). The summed E-state index contributed by atoms with van der Waals surface area (Å²) in [4.78, 5) is 10.4. The van der Waals surface area contributed by atoms with Crippen molar-refractivity contribution in [3.63, 3.8) is 0 Å². The summed E-state index contributed by atoms with van der Waals surface area (Å²) in [5.74, 6) is -1.01. The second-order valence-corrected chi connectivity index (χ2v) is 9.09. The molecule has 0 fully saturated rings. The Morgan fingerprint density at radius 1 is 0.824 bits per heavy atom. The molecule has 0 aliphatic heterocycles. The van der Waals surface area contributed by atoms with Gasteiger partial charge in [0.05, 0.1) is 22.6 Å². The van der Waals surface area contributed by atoms with Crippen LogP contribution >= 0.6 is 0 Å². The Bertz CT molecular complexity index is 1050. The van der Waals surface area contributed by atoms with Crippen LogP contribution < -0.4 is 4.74 Å². The lowest BCUT2D eigenvalue weighted by molar-refractivity contribution is -0.138. The molecule has 0 saturated carbocycles. The second kappa shape index (κ2) is 11.1. The van der Waals surface area contributed by atoms with Gasteiger partial charge in [0.15, 0.2) is 0 Å². The monoisotopic (exact) mass is 513 g/mol. The molecule has 0 amide bonds. The van der Waals surface area contributed by atoms with Crippen molar-refractivity contribution in [1.29, 1.82) is 0 Å². The molecule has 0 atom stereocenters. The van der Waals surface area contributed by atoms with Gasteiger partial charge in [0.1, 0.15) is 5.75 Å². The molecular weight excluding hydrogens is 492 g/mol. The molecule has 0 spiro atoms. The van der Waals surface area contributed by atoms with Gasteiger partial charge in [-0.1, -0.05) is 0 Å². The fourth-order valence-corrected chi connectivity index (χ4v) is 4.41. The number of carboxylic acid groups (broad SMARTS) is 1. The first-order valence-corrected chi connectivity index (χ1v) is 11.3. The Hall–Kier alpha value is -2.80. The molecule has 6 nitrogen and oxygen atoms in total. The van der Waals surface area contributed by atoms with Gasteiger partial charge >= 0.3 is 18.3 Å². The topological polar surface area (TPSA) is 83.9 Å². The Morgan fingerprint density at radius 2 is 1.29 bits per heavy atom. The van der Waals surface area contributed by atoms with Gasteiger partial charge < -0.3 is 9.84 Å². The highest BCUT2D eigenvalue weighted by Crippen LogP contribution is 2.31. The van der Waals surface area contributed by atoms with Crippen molar-refractivity contribution in [2.45, 2.75) is 36.5 Å². The number of aliphatic carboxylic acids is 1. The Labute approximate surface area is 191 Å². The van der Waals surface area contributed by atoms with Crippen molar-refractivity contribution in [3.8, 4) is 5.75 Å². The summed E-state index contributed by atoms with van der Waals surface area (Å²) in [5, 5.41) is 8.80. The van der Waals surface area contributed by atoms with Crippen molar-refractivity contribution in [1.82, 2.24) is 4.31 Å². The highest BCUT2D eigenvalue weighted by atomic mass is 32.2. The maximum Gasteiger partial charge on any atom is 0.416 e. The van der Waals surface area contributed by atoms with Gasteiger partial charge in [-0.3, -0.25) is 4.79 Å². The molecule has 13 heteroatoms. The van der Waals surface area contributed by atoms with Crippen LogP contribution in [0.1, 0.15) is 30.4 Å². The van der Waals surface area contributed by atoms with Gasteiger partial charge in [-0.05, 0) is 61.4 Å². The van der Waals surface area contributed by atoms with E-state index < -0.39 is 39.5 Å². The summed E-state index contributed by atoms with van der Waals surface area (Å²) in [5.41, 5.74) is -1.87. The van der Waals surface area contributed by atoms with Crippen LogP contribution in [0, 0.1) is 0 Å². The van der Waals surface area contributed by atoms with Gasteiger partial charge in [0.25, 0.3) is 0 Å². The predicted molar refractivity (Wildman–Crippen MR) is 109 cm³/mol. The minimum absolute atomic E-state index is 0.0328. The molecule has 0 saturated heterocycles. The van der Waals surface area contributed by atoms with Crippen LogP contribution in [-0.4, -0.2) is 43.5 Å². The molecule has 34 heavy (non-hydrogen) atoms. The maximum atomic E-state index is 12.9. The minimum Gasteiger partial charge on any atom is -0.494 e. The number of halogens is 6. The smallest absolute Gasteiger partial charge is 0.416 e. The van der Waals surface area contributed by atoms with Crippen LogP contribution in [0.3, 0.4) is 0 Å². The summed E-state index contributed by atoms with van der Waals surface area (Å²) < 4.78 is 108. The molecule has 1 N–H and O–H groups in total. The first-order chi connectivity index (χ1) is 15.7. The standard InChI is InChI=1S/C21H21F6NO5S/c22-20(23,24)15-4-8-17(9-5-15)33-14-2-13-28(12-1-3-19(29)30)34(31,32)18-10-6-16(7-11-18)21(25,26)27/h4-11H,1-3,12-14H2,(H,29,30). The number of hydrogen-bond donors (Lipinski definition) is 1. The zero-order valence-electron chi connectivity index (χ0n) is 17.6. The second-order valence-electron chi connectivity index (χ2n) is 7.15. The van der Waals surface area contributed by atoms with E-state index in [-0.39, 0.29) is 49.6 Å². The quantitative estimate of drug-likeness (QED) is 0.336. The van der Waals surface area contributed by atoms with Gasteiger partial charge in [0, 0.05) is 19.5 Å². The number of benzene rings is 2. The largest absolute Gasteiger partial charge is 0.494 e. The van der Waals surface area contributed by atoms with Crippen LogP contribution in [0.15, 0.2) is 53.4 Å². The Kier molecular flexibility index (Phi) is 8.95. The van der Waals surface area contributed by atoms with Gasteiger partial charge in [-0.25, -0.2) is 8.42 Å². The van der Waals surface area contributed by atoms with E-state index >= 15 is 0 Å². The first-order valence-electron chi connectivity index (χ1n) is 9.90. The molecule has 0 aromatic heterocycles. The number of ether oxygens (including phenoxy) is 1. The summed E-state index contributed by atoms with van der Waals surface area (Å²) in [6.45, 7) is -0.414. The number of rotatable bonds is 11. The maximum absolute atomic E-state index is 12.9. The van der Waals surface area contributed by atoms with Crippen LogP contribution in [0.2, 0.25) is 0 Å². The summed E-state index contributed by atoms with van der Waals surface area (Å²) in [7, 11) is -4.24. The van der Waals surface area contributed by atoms with E-state index in [4.69, 9.17) is 9.84 Å². The Morgan fingerprint density at radius 3 is 1.76 bits per heavy atom. The number of carbonyl (C=O) groups is 1. The summed E-state index contributed by atoms with van der Waals surface area (Å²) >= 11 is 0. The molecule has 188 valence electrons. The fraction of sp³-hybridized carbons (Fsp3) is 0.381. The van der Waals surface area contributed by atoms with Crippen molar-refractivity contribution < 1.29 is 49.4 Å². The zero-order chi connectivity index (χ0) is 25.6. The predicted octanol–water partition coefficient (Wildman–Crippen LogP) is 5.05. The van der Waals surface area contributed by atoms with Crippen LogP contribution in [0.4, 0.5) is 26.3 Å². The molecule has 2 aromatic carbocycles. The zero-order valence-corrected chi connectivity index (χ0v) is 18.4. The fourth-order valence-electron chi connectivity index (χ4n) is 2.89. The molecule has 0 bridgehead atoms. The van der Waals surface area contributed by atoms with E-state index in [0.29, 0.717) is 12.1 Å². The van der Waals surface area contributed by atoms with E-state index in [1.165, 1.54) is 0 Å². The summed E-state index contributed by atoms with van der Waals surface area (Å²) in [6, 6.07) is 6.82.